The quantitative estimate of drug-likeness (QED) is 0.353. The molecule has 164 valence electrons. The second-order valence-corrected chi connectivity index (χ2v) is 8.21. The summed E-state index contributed by atoms with van der Waals surface area (Å²) < 4.78 is 13.1. The Balaban J connectivity index is 0.00000256. The van der Waals surface area contributed by atoms with Gasteiger partial charge in [-0.2, -0.15) is 0 Å². The summed E-state index contributed by atoms with van der Waals surface area (Å²) in [5, 5.41) is 3.09. The number of thiazole rings is 1. The van der Waals surface area contributed by atoms with Crippen LogP contribution in [0.15, 0.2) is 40.8 Å². The van der Waals surface area contributed by atoms with Crippen LogP contribution in [0, 0.1) is 5.82 Å². The Hall–Kier alpha value is -1.66. The molecule has 2 saturated heterocycles. The van der Waals surface area contributed by atoms with Crippen molar-refractivity contribution in [3.8, 4) is 0 Å². The summed E-state index contributed by atoms with van der Waals surface area (Å²) >= 11 is 1.68. The number of guanidine groups is 1. The zero-order valence-corrected chi connectivity index (χ0v) is 20.1. The second kappa shape index (κ2) is 11.1. The second-order valence-electron chi connectivity index (χ2n) is 7.33. The maximum Gasteiger partial charge on any atom is 0.191 e. The zero-order valence-electron chi connectivity index (χ0n) is 17.0. The maximum absolute atomic E-state index is 13.1. The zero-order chi connectivity index (χ0) is 20.1. The van der Waals surface area contributed by atoms with Crippen LogP contribution in [0.1, 0.15) is 0 Å². The number of aromatic nitrogens is 1. The lowest BCUT2D eigenvalue weighted by Crippen LogP contribution is -2.51. The van der Waals surface area contributed by atoms with E-state index in [2.05, 4.69) is 29.6 Å². The molecule has 1 aromatic heterocycles. The number of hydrogen-bond donors (Lipinski definition) is 1. The molecule has 0 spiro atoms. The minimum Gasteiger partial charge on any atom is -0.370 e. The van der Waals surface area contributed by atoms with Crippen LogP contribution in [-0.4, -0.2) is 86.2 Å². The molecule has 1 aromatic carbocycles. The molecule has 10 heteroatoms. The molecule has 0 aliphatic carbocycles. The molecule has 0 saturated carbocycles. The molecule has 0 bridgehead atoms. The molecule has 0 unspecified atom stereocenters. The summed E-state index contributed by atoms with van der Waals surface area (Å²) in [5.41, 5.74) is 7.31. The lowest BCUT2D eigenvalue weighted by molar-refractivity contribution is 0.264. The number of halogens is 2. The molecule has 2 aromatic rings. The number of nitrogens with zero attached hydrogens (tertiary/aromatic N) is 6. The van der Waals surface area contributed by atoms with E-state index >= 15 is 0 Å². The third-order valence-electron chi connectivity index (χ3n) is 5.55. The molecule has 2 N–H and O–H groups in total. The highest BCUT2D eigenvalue weighted by Crippen LogP contribution is 2.19. The van der Waals surface area contributed by atoms with Crippen molar-refractivity contribution in [1.82, 2.24) is 14.8 Å². The van der Waals surface area contributed by atoms with Crippen molar-refractivity contribution in [3.63, 3.8) is 0 Å². The van der Waals surface area contributed by atoms with Gasteiger partial charge in [-0.15, -0.1) is 35.3 Å². The largest absolute Gasteiger partial charge is 0.370 e. The Morgan fingerprint density at radius 1 is 1.00 bits per heavy atom. The number of benzene rings is 1. The fourth-order valence-electron chi connectivity index (χ4n) is 3.79. The molecular formula is C20H29FIN7S. The van der Waals surface area contributed by atoms with Crippen molar-refractivity contribution in [1.29, 1.82) is 0 Å². The normalized spacial score (nSPS) is 18.4. The van der Waals surface area contributed by atoms with Crippen molar-refractivity contribution < 1.29 is 4.39 Å². The highest BCUT2D eigenvalue weighted by atomic mass is 127. The van der Waals surface area contributed by atoms with E-state index in [-0.39, 0.29) is 29.8 Å². The van der Waals surface area contributed by atoms with Gasteiger partial charge in [0.1, 0.15) is 5.82 Å². The van der Waals surface area contributed by atoms with Gasteiger partial charge in [-0.1, -0.05) is 0 Å². The summed E-state index contributed by atoms with van der Waals surface area (Å²) in [4.78, 5) is 18.2. The van der Waals surface area contributed by atoms with Gasteiger partial charge in [0.15, 0.2) is 11.1 Å². The first-order chi connectivity index (χ1) is 14.2. The number of nitrogens with two attached hydrogens (primary N) is 1. The molecule has 30 heavy (non-hydrogen) atoms. The van der Waals surface area contributed by atoms with Crippen LogP contribution in [0.4, 0.5) is 15.2 Å². The summed E-state index contributed by atoms with van der Waals surface area (Å²) in [6.45, 7) is 9.11. The van der Waals surface area contributed by atoms with E-state index in [1.807, 2.05) is 23.7 Å². The predicted octanol–water partition coefficient (Wildman–Crippen LogP) is 2.16. The Kier molecular flexibility index (Phi) is 8.51. The number of anilines is 2. The molecule has 0 atom stereocenters. The maximum atomic E-state index is 13.1. The Morgan fingerprint density at radius 2 is 1.67 bits per heavy atom. The smallest absolute Gasteiger partial charge is 0.191 e. The van der Waals surface area contributed by atoms with Gasteiger partial charge in [-0.3, -0.25) is 9.89 Å². The Bertz CT molecular complexity index is 786. The third-order valence-corrected chi connectivity index (χ3v) is 6.38. The standard InChI is InChI=1S/C20H28FN7S.HI/c21-17-1-3-18(4-2-17)26-10-8-25(9-11-26)7-5-23-19(22)27-12-14-28(15-13-27)20-24-6-16-29-20;/h1-4,6,16H,5,7-15H2,(H2,22,23);1H. The monoisotopic (exact) mass is 545 g/mol. The van der Waals surface area contributed by atoms with E-state index in [4.69, 9.17) is 5.73 Å². The van der Waals surface area contributed by atoms with E-state index in [0.29, 0.717) is 5.96 Å². The van der Waals surface area contributed by atoms with E-state index in [1.54, 1.807) is 11.3 Å². The molecule has 4 rings (SSSR count). The minimum atomic E-state index is -0.188. The third kappa shape index (κ3) is 5.94. The van der Waals surface area contributed by atoms with Crippen molar-refractivity contribution in [2.75, 3.05) is 75.2 Å². The van der Waals surface area contributed by atoms with Gasteiger partial charge in [0.2, 0.25) is 0 Å². The van der Waals surface area contributed by atoms with Gasteiger partial charge in [0, 0.05) is 76.2 Å². The molecule has 0 radical (unpaired) electrons. The van der Waals surface area contributed by atoms with Crippen molar-refractivity contribution in [3.05, 3.63) is 41.7 Å². The molecule has 0 amide bonds. The molecule has 7 nitrogen and oxygen atoms in total. The van der Waals surface area contributed by atoms with Gasteiger partial charge >= 0.3 is 0 Å². The molecular weight excluding hydrogens is 516 g/mol. The van der Waals surface area contributed by atoms with Crippen LogP contribution in [0.3, 0.4) is 0 Å². The highest BCUT2D eigenvalue weighted by molar-refractivity contribution is 14.0. The van der Waals surface area contributed by atoms with Crippen LogP contribution in [0.2, 0.25) is 0 Å². The van der Waals surface area contributed by atoms with E-state index in [9.17, 15) is 4.39 Å². The lowest BCUT2D eigenvalue weighted by atomic mass is 10.2. The first-order valence-corrected chi connectivity index (χ1v) is 11.0. The fourth-order valence-corrected chi connectivity index (χ4v) is 4.48. The van der Waals surface area contributed by atoms with Gasteiger partial charge in [-0.05, 0) is 24.3 Å². The van der Waals surface area contributed by atoms with E-state index in [0.717, 1.165) is 76.3 Å². The minimum absolute atomic E-state index is 0. The Labute approximate surface area is 198 Å². The van der Waals surface area contributed by atoms with Gasteiger partial charge in [0.25, 0.3) is 0 Å². The topological polar surface area (TPSA) is 64.2 Å². The van der Waals surface area contributed by atoms with Crippen LogP contribution >= 0.6 is 35.3 Å². The van der Waals surface area contributed by atoms with Crippen LogP contribution in [-0.2, 0) is 0 Å². The van der Waals surface area contributed by atoms with Crippen LogP contribution < -0.4 is 15.5 Å². The summed E-state index contributed by atoms with van der Waals surface area (Å²) in [6.07, 6.45) is 1.85. The summed E-state index contributed by atoms with van der Waals surface area (Å²) in [7, 11) is 0. The first-order valence-electron chi connectivity index (χ1n) is 10.1. The van der Waals surface area contributed by atoms with Crippen LogP contribution in [0.5, 0.6) is 0 Å². The average Bonchev–Trinajstić information content (AvgIpc) is 3.30. The summed E-state index contributed by atoms with van der Waals surface area (Å²) in [5.74, 6) is 0.459. The van der Waals surface area contributed by atoms with E-state index < -0.39 is 0 Å². The summed E-state index contributed by atoms with van der Waals surface area (Å²) in [6, 6.07) is 6.75. The molecule has 2 fully saturated rings. The number of aliphatic imine (C=N–C) groups is 1. The predicted molar refractivity (Wildman–Crippen MR) is 133 cm³/mol. The first kappa shape index (κ1) is 23.0. The molecule has 2 aliphatic heterocycles. The van der Waals surface area contributed by atoms with Crippen LogP contribution in [0.25, 0.3) is 0 Å². The lowest BCUT2D eigenvalue weighted by Gasteiger charge is -2.36. The van der Waals surface area contributed by atoms with Crippen molar-refractivity contribution in [2.45, 2.75) is 0 Å². The van der Waals surface area contributed by atoms with Gasteiger partial charge in [-0.25, -0.2) is 9.37 Å². The van der Waals surface area contributed by atoms with Gasteiger partial charge < -0.3 is 20.4 Å². The van der Waals surface area contributed by atoms with Crippen molar-refractivity contribution >= 4 is 52.1 Å². The highest BCUT2D eigenvalue weighted by Gasteiger charge is 2.20. The van der Waals surface area contributed by atoms with E-state index in [1.165, 1.54) is 12.1 Å². The van der Waals surface area contributed by atoms with Gasteiger partial charge in [0.05, 0.1) is 6.54 Å². The average molecular weight is 545 g/mol. The molecule has 3 heterocycles. The number of hydrogen-bond acceptors (Lipinski definition) is 6. The SMILES string of the molecule is I.NC(=NCCN1CCN(c2ccc(F)cc2)CC1)N1CCN(c2nccs2)CC1. The van der Waals surface area contributed by atoms with Crippen molar-refractivity contribution in [2.24, 2.45) is 10.7 Å². The molecule has 2 aliphatic rings. The number of rotatable bonds is 5. The number of piperazine rings is 2. The Morgan fingerprint density at radius 3 is 2.30 bits per heavy atom. The fraction of sp³-hybridized carbons (Fsp3) is 0.500.